The molecule has 0 bridgehead atoms. The van der Waals surface area contributed by atoms with E-state index in [1.54, 1.807) is 0 Å². The first-order valence-electron chi connectivity index (χ1n) is 2.90. The number of rotatable bonds is 5. The highest BCUT2D eigenvalue weighted by molar-refractivity contribution is 7.85. The molecule has 0 rings (SSSR count). The molecule has 0 saturated carbocycles. The van der Waals surface area contributed by atoms with E-state index >= 15 is 0 Å². The lowest BCUT2D eigenvalue weighted by Crippen LogP contribution is -2.06. The first-order valence-corrected chi connectivity index (χ1v) is 4.51. The van der Waals surface area contributed by atoms with Gasteiger partial charge in [-0.05, 0) is 12.5 Å². The van der Waals surface area contributed by atoms with Crippen LogP contribution in [0.25, 0.3) is 0 Å². The summed E-state index contributed by atoms with van der Waals surface area (Å²) in [6.07, 6.45) is 2.24. The van der Waals surface area contributed by atoms with E-state index in [9.17, 15) is 13.2 Å². The van der Waals surface area contributed by atoms with Crippen LogP contribution in [0.1, 0.15) is 6.42 Å². The molecule has 4 nitrogen and oxygen atoms in total. The number of hydrogen-bond donors (Lipinski definition) is 1. The Kier molecular flexibility index (Phi) is 3.99. The molecular formula is C6H9O4S. The van der Waals surface area contributed by atoms with Crippen LogP contribution in [0.3, 0.4) is 0 Å². The van der Waals surface area contributed by atoms with Gasteiger partial charge in [-0.25, -0.2) is 0 Å². The van der Waals surface area contributed by atoms with Crippen molar-refractivity contribution in [3.8, 4) is 0 Å². The number of hydrogen-bond acceptors (Lipinski definition) is 3. The minimum atomic E-state index is -3.95. The summed E-state index contributed by atoms with van der Waals surface area (Å²) < 4.78 is 28.4. The summed E-state index contributed by atoms with van der Waals surface area (Å²) in [6, 6.07) is 0. The quantitative estimate of drug-likeness (QED) is 0.481. The van der Waals surface area contributed by atoms with E-state index < -0.39 is 15.9 Å². The van der Waals surface area contributed by atoms with Gasteiger partial charge in [-0.3, -0.25) is 9.35 Å². The summed E-state index contributed by atoms with van der Waals surface area (Å²) in [5.74, 6) is -0.763. The molecule has 1 radical (unpaired) electrons. The van der Waals surface area contributed by atoms with Gasteiger partial charge in [0, 0.05) is 6.42 Å². The molecule has 0 heterocycles. The predicted octanol–water partition coefficient (Wildman–Crippen LogP) is 0.224. The normalized spacial score (nSPS) is 11.0. The van der Waals surface area contributed by atoms with E-state index in [4.69, 9.17) is 4.55 Å². The molecule has 0 unspecified atom stereocenters. The number of ketones is 1. The maximum Gasteiger partial charge on any atom is 0.264 e. The second-order valence-electron chi connectivity index (χ2n) is 1.89. The molecule has 0 aromatic heterocycles. The lowest BCUT2D eigenvalue weighted by Gasteiger charge is -1.93. The van der Waals surface area contributed by atoms with Gasteiger partial charge in [0.15, 0.2) is 5.78 Å². The van der Waals surface area contributed by atoms with Crippen molar-refractivity contribution in [2.45, 2.75) is 6.42 Å². The fourth-order valence-corrected chi connectivity index (χ4v) is 0.849. The number of carbonyl (C=O) groups is 1. The molecule has 0 aromatic rings. The van der Waals surface area contributed by atoms with Crippen molar-refractivity contribution in [2.75, 3.05) is 5.75 Å². The molecule has 0 amide bonds. The summed E-state index contributed by atoms with van der Waals surface area (Å²) >= 11 is 0. The fraction of sp³-hybridized carbons (Fsp3) is 0.333. The Morgan fingerprint density at radius 1 is 1.55 bits per heavy atom. The molecule has 0 saturated heterocycles. The predicted molar refractivity (Wildman–Crippen MR) is 40.5 cm³/mol. The van der Waals surface area contributed by atoms with Gasteiger partial charge in [-0.15, -0.1) is 0 Å². The van der Waals surface area contributed by atoms with Gasteiger partial charge in [0.1, 0.15) is 0 Å². The zero-order valence-electron chi connectivity index (χ0n) is 5.86. The third-order valence-electron chi connectivity index (χ3n) is 0.923. The van der Waals surface area contributed by atoms with Crippen LogP contribution in [0, 0.1) is 6.42 Å². The summed E-state index contributed by atoms with van der Waals surface area (Å²) in [7, 11) is -3.95. The highest BCUT2D eigenvalue weighted by Crippen LogP contribution is 1.93. The lowest BCUT2D eigenvalue weighted by atomic mass is 10.2. The van der Waals surface area contributed by atoms with Crippen LogP contribution in [0.15, 0.2) is 12.7 Å². The molecule has 63 valence electrons. The zero-order valence-corrected chi connectivity index (χ0v) is 6.67. The molecule has 0 aromatic carbocycles. The lowest BCUT2D eigenvalue weighted by molar-refractivity contribution is -0.111. The third-order valence-corrected chi connectivity index (χ3v) is 1.67. The molecule has 0 aliphatic carbocycles. The molecule has 0 atom stereocenters. The smallest absolute Gasteiger partial charge is 0.264 e. The Morgan fingerprint density at radius 3 is 2.45 bits per heavy atom. The topological polar surface area (TPSA) is 71.4 Å². The van der Waals surface area contributed by atoms with Crippen LogP contribution in [0.5, 0.6) is 0 Å². The average molecular weight is 177 g/mol. The van der Waals surface area contributed by atoms with E-state index in [1.165, 1.54) is 0 Å². The van der Waals surface area contributed by atoms with Crippen LogP contribution >= 0.6 is 0 Å². The Hall–Kier alpha value is -0.680. The van der Waals surface area contributed by atoms with Crippen LogP contribution in [0.2, 0.25) is 0 Å². The number of allylic oxidation sites excluding steroid dienone is 1. The van der Waals surface area contributed by atoms with Gasteiger partial charge < -0.3 is 0 Å². The third kappa shape index (κ3) is 7.21. The monoisotopic (exact) mass is 177 g/mol. The van der Waals surface area contributed by atoms with E-state index in [1.807, 2.05) is 0 Å². The Balaban J connectivity index is 3.59. The van der Waals surface area contributed by atoms with Crippen molar-refractivity contribution in [3.05, 3.63) is 19.1 Å². The SMILES string of the molecule is C=CC(=O)[CH]CCS(=O)(=O)O. The summed E-state index contributed by atoms with van der Waals surface area (Å²) in [5, 5.41) is 0. The maximum atomic E-state index is 10.4. The van der Waals surface area contributed by atoms with Gasteiger partial charge in [0.05, 0.1) is 5.75 Å². The molecule has 0 fully saturated rings. The highest BCUT2D eigenvalue weighted by atomic mass is 32.2. The molecule has 0 spiro atoms. The van der Waals surface area contributed by atoms with Crippen molar-refractivity contribution in [3.63, 3.8) is 0 Å². The first-order chi connectivity index (χ1) is 4.95. The molecule has 11 heavy (non-hydrogen) atoms. The van der Waals surface area contributed by atoms with Gasteiger partial charge >= 0.3 is 0 Å². The Morgan fingerprint density at radius 2 is 2.09 bits per heavy atom. The van der Waals surface area contributed by atoms with Crippen molar-refractivity contribution in [1.82, 2.24) is 0 Å². The first kappa shape index (κ1) is 10.3. The second-order valence-corrected chi connectivity index (χ2v) is 3.46. The van der Waals surface area contributed by atoms with Gasteiger partial charge in [0.25, 0.3) is 10.1 Å². The van der Waals surface area contributed by atoms with Crippen molar-refractivity contribution in [1.29, 1.82) is 0 Å². The van der Waals surface area contributed by atoms with Crippen molar-refractivity contribution < 1.29 is 17.8 Å². The minimum Gasteiger partial charge on any atom is -0.295 e. The second kappa shape index (κ2) is 4.25. The summed E-state index contributed by atoms with van der Waals surface area (Å²) in [4.78, 5) is 10.4. The van der Waals surface area contributed by atoms with E-state index in [0.717, 1.165) is 12.5 Å². The van der Waals surface area contributed by atoms with E-state index in [0.29, 0.717) is 0 Å². The average Bonchev–Trinajstić information content (AvgIpc) is 1.85. The van der Waals surface area contributed by atoms with Gasteiger partial charge in [-0.2, -0.15) is 8.42 Å². The van der Waals surface area contributed by atoms with Crippen LogP contribution in [-0.2, 0) is 14.9 Å². The molecule has 1 N–H and O–H groups in total. The largest absolute Gasteiger partial charge is 0.295 e. The van der Waals surface area contributed by atoms with E-state index in [-0.39, 0.29) is 12.2 Å². The highest BCUT2D eigenvalue weighted by Gasteiger charge is 2.05. The van der Waals surface area contributed by atoms with E-state index in [2.05, 4.69) is 6.58 Å². The maximum absolute atomic E-state index is 10.4. The summed E-state index contributed by atoms with van der Waals surface area (Å²) in [5.41, 5.74) is 0. The van der Waals surface area contributed by atoms with Gasteiger partial charge in [0.2, 0.25) is 0 Å². The van der Waals surface area contributed by atoms with Crippen molar-refractivity contribution in [2.24, 2.45) is 0 Å². The zero-order chi connectivity index (χ0) is 8.91. The van der Waals surface area contributed by atoms with Crippen molar-refractivity contribution >= 4 is 15.9 Å². The standard InChI is InChI=1S/C6H9O4S/c1-2-6(7)4-3-5-11(8,9)10/h2,4H,1,3,5H2,(H,8,9,10). The molecular weight excluding hydrogens is 168 g/mol. The number of carbonyl (C=O) groups excluding carboxylic acids is 1. The molecule has 0 aliphatic heterocycles. The molecule has 5 heteroatoms. The fourth-order valence-electron chi connectivity index (χ4n) is 0.433. The summed E-state index contributed by atoms with van der Waals surface area (Å²) in [6.45, 7) is 3.18. The van der Waals surface area contributed by atoms with Crippen LogP contribution in [0.4, 0.5) is 0 Å². The van der Waals surface area contributed by atoms with Crippen LogP contribution < -0.4 is 0 Å². The Labute approximate surface area is 65.7 Å². The molecule has 0 aliphatic rings. The van der Waals surface area contributed by atoms with Gasteiger partial charge in [-0.1, -0.05) is 6.58 Å². The Bertz CT molecular complexity index is 239. The van der Waals surface area contributed by atoms with Crippen LogP contribution in [-0.4, -0.2) is 24.5 Å². The minimum absolute atomic E-state index is 0.0175.